The summed E-state index contributed by atoms with van der Waals surface area (Å²) in [7, 11) is -2.33. The third kappa shape index (κ3) is 12.9. The molecule has 0 aliphatic heterocycles. The average Bonchev–Trinajstić information content (AvgIpc) is 1.58. The summed E-state index contributed by atoms with van der Waals surface area (Å²) < 4.78 is 131. The second-order valence-electron chi connectivity index (χ2n) is 23.4. The van der Waals surface area contributed by atoms with Crippen LogP contribution in [-0.4, -0.2) is 144 Å². The lowest BCUT2D eigenvalue weighted by atomic mass is 10.2. The van der Waals surface area contributed by atoms with Crippen molar-refractivity contribution in [3.63, 3.8) is 0 Å². The molecule has 0 amide bonds. The summed E-state index contributed by atoms with van der Waals surface area (Å²) in [5.74, 6) is 2.01. The Morgan fingerprint density at radius 2 is 0.886 bits per heavy atom. The lowest BCUT2D eigenvalue weighted by Gasteiger charge is -2.29. The van der Waals surface area contributed by atoms with Crippen LogP contribution in [0.25, 0.3) is 56.6 Å². The van der Waals surface area contributed by atoms with Crippen LogP contribution in [0.4, 0.5) is 20.7 Å². The van der Waals surface area contributed by atoms with Gasteiger partial charge in [0, 0.05) is 56.2 Å². The highest BCUT2D eigenvalue weighted by Gasteiger charge is 2.39. The first-order valence-electron chi connectivity index (χ1n) is 28.1. The molecule has 8 heterocycles. The third-order valence-corrected chi connectivity index (χ3v) is 22.5. The Balaban J connectivity index is 0.000000209. The van der Waals surface area contributed by atoms with Crippen LogP contribution in [-0.2, 0) is 47.0 Å². The van der Waals surface area contributed by atoms with Crippen molar-refractivity contribution in [2.45, 2.75) is 88.6 Å². The number of para-hydroxylation sites is 2. The van der Waals surface area contributed by atoms with E-state index >= 15 is 0 Å². The average molecular weight is 1280 g/mol. The van der Waals surface area contributed by atoms with E-state index in [1.54, 1.807) is 107 Å². The van der Waals surface area contributed by atoms with E-state index in [2.05, 4.69) is 79.6 Å². The quantitative estimate of drug-likeness (QED) is 0.0509. The van der Waals surface area contributed by atoms with Crippen LogP contribution in [0.3, 0.4) is 0 Å². The number of hydrogen-bond acceptors (Lipinski definition) is 18. The predicted molar refractivity (Wildman–Crippen MR) is 336 cm³/mol. The number of benzene rings is 2. The summed E-state index contributed by atoms with van der Waals surface area (Å²) >= 11 is 0. The van der Waals surface area contributed by atoms with Gasteiger partial charge in [0.25, 0.3) is 0 Å². The van der Waals surface area contributed by atoms with E-state index in [0.717, 1.165) is 12.4 Å². The molecular weight excluding hydrogens is 1210 g/mol. The maximum absolute atomic E-state index is 14.6. The van der Waals surface area contributed by atoms with Crippen LogP contribution in [0.5, 0.6) is 23.0 Å². The first-order valence-corrected chi connectivity index (χ1v) is 38.5. The molecule has 468 valence electrons. The molecule has 0 saturated carbocycles. The topological polar surface area (TPSA) is 261 Å². The molecule has 0 radical (unpaired) electrons. The van der Waals surface area contributed by atoms with Gasteiger partial charge in [0.1, 0.15) is 56.4 Å². The molecule has 0 N–H and O–H groups in total. The third-order valence-electron chi connectivity index (χ3n) is 14.7. The molecule has 0 unspecified atom stereocenters. The van der Waals surface area contributed by atoms with Crippen LogP contribution in [0, 0.1) is 11.6 Å². The summed E-state index contributed by atoms with van der Waals surface area (Å²) in [5.41, 5.74) is 2.78. The zero-order valence-corrected chi connectivity index (χ0v) is 55.2. The number of imidazole rings is 2. The molecule has 10 aromatic rings. The van der Waals surface area contributed by atoms with Gasteiger partial charge < -0.3 is 36.9 Å². The molecule has 0 fully saturated rings. The fraction of sp³-hybridized carbons (Fsp3) is 0.379. The number of fused-ring (bicyclic) bond motifs is 2. The minimum atomic E-state index is -4.12. The van der Waals surface area contributed by atoms with Crippen molar-refractivity contribution in [2.75, 3.05) is 50.1 Å². The summed E-state index contributed by atoms with van der Waals surface area (Å²) in [6, 6.07) is 18.7. The molecule has 0 aliphatic carbocycles. The molecule has 2 atom stereocenters. The Kier molecular flexibility index (Phi) is 18.7. The number of aromatic nitrogens is 12. The normalized spacial score (nSPS) is 12.9. The van der Waals surface area contributed by atoms with E-state index in [9.17, 15) is 25.6 Å². The highest BCUT2D eigenvalue weighted by atomic mass is 32.2. The van der Waals surface area contributed by atoms with Crippen molar-refractivity contribution < 1.29 is 53.4 Å². The Hall–Kier alpha value is -8.49. The monoisotopic (exact) mass is 1280 g/mol. The van der Waals surface area contributed by atoms with Gasteiger partial charge in [0.2, 0.25) is 43.6 Å². The van der Waals surface area contributed by atoms with Crippen molar-refractivity contribution in [1.82, 2.24) is 58.6 Å². The molecule has 10 rings (SSSR count). The zero-order valence-electron chi connectivity index (χ0n) is 51.6. The number of anilines is 2. The Morgan fingerprint density at radius 1 is 0.534 bits per heavy atom. The molecule has 2 aromatic carbocycles. The maximum Gasteiger partial charge on any atom is 0.246 e. The van der Waals surface area contributed by atoms with Crippen LogP contribution in [0.15, 0.2) is 107 Å². The van der Waals surface area contributed by atoms with Gasteiger partial charge in [-0.15, -0.1) is 20.4 Å². The molecule has 0 aliphatic rings. The molecule has 0 saturated heterocycles. The second kappa shape index (κ2) is 25.7. The minimum Gasteiger partial charge on any atom is -0.494 e. The number of aryl methyl sites for hydroxylation is 2. The molecule has 88 heavy (non-hydrogen) atoms. The largest absolute Gasteiger partial charge is 0.494 e. The number of nitrogens with zero attached hydrogens (tertiary/aromatic N) is 14. The lowest BCUT2D eigenvalue weighted by Crippen LogP contribution is -2.42. The Bertz CT molecular complexity index is 4000. The van der Waals surface area contributed by atoms with E-state index in [1.165, 1.54) is 62.2 Å². The predicted octanol–water partition coefficient (Wildman–Crippen LogP) is 10.1. The summed E-state index contributed by atoms with van der Waals surface area (Å²) in [4.78, 5) is 17.1. The molecule has 8 aromatic heterocycles. The first kappa shape index (κ1) is 64.0. The van der Waals surface area contributed by atoms with E-state index in [0.29, 0.717) is 80.4 Å². The van der Waals surface area contributed by atoms with Crippen LogP contribution in [0.2, 0.25) is 51.4 Å². The number of furan rings is 2. The van der Waals surface area contributed by atoms with Gasteiger partial charge in [0.15, 0.2) is 23.2 Å². The number of pyridine rings is 2. The van der Waals surface area contributed by atoms with Crippen molar-refractivity contribution in [2.24, 2.45) is 14.1 Å². The molecule has 30 heteroatoms. The number of hydrogen-bond donors (Lipinski definition) is 0. The molecule has 0 bridgehead atoms. The molecule has 0 spiro atoms. The summed E-state index contributed by atoms with van der Waals surface area (Å²) in [6.07, 6.45) is 8.17. The van der Waals surface area contributed by atoms with Gasteiger partial charge in [-0.2, -0.15) is 0 Å². The van der Waals surface area contributed by atoms with E-state index in [1.807, 2.05) is 0 Å². The van der Waals surface area contributed by atoms with Crippen LogP contribution >= 0.6 is 0 Å². The first-order chi connectivity index (χ1) is 41.7. The fourth-order valence-electron chi connectivity index (χ4n) is 9.93. The van der Waals surface area contributed by atoms with Gasteiger partial charge in [-0.3, -0.25) is 19.1 Å². The Morgan fingerprint density at radius 3 is 1.19 bits per heavy atom. The van der Waals surface area contributed by atoms with Gasteiger partial charge in [-0.05, 0) is 74.5 Å². The number of methoxy groups -OCH3 is 4. The van der Waals surface area contributed by atoms with Crippen molar-refractivity contribution >= 4 is 70.2 Å². The van der Waals surface area contributed by atoms with E-state index in [-0.39, 0.29) is 60.5 Å². The zero-order chi connectivity index (χ0) is 63.6. The number of rotatable bonds is 24. The highest BCUT2D eigenvalue weighted by molar-refractivity contribution is 7.93. The van der Waals surface area contributed by atoms with E-state index < -0.39 is 58.3 Å². The second-order valence-corrected chi connectivity index (χ2v) is 39.2. The van der Waals surface area contributed by atoms with Gasteiger partial charge in [-0.1, -0.05) is 51.4 Å². The van der Waals surface area contributed by atoms with Gasteiger partial charge in [-0.25, -0.2) is 44.2 Å². The highest BCUT2D eigenvalue weighted by Crippen LogP contribution is 2.42. The number of sulfonamides is 2. The smallest absolute Gasteiger partial charge is 0.246 e. The van der Waals surface area contributed by atoms with Crippen molar-refractivity contribution in [3.05, 3.63) is 121 Å². The van der Waals surface area contributed by atoms with Gasteiger partial charge in [0.05, 0.1) is 87.9 Å². The van der Waals surface area contributed by atoms with Crippen molar-refractivity contribution in [3.8, 4) is 57.5 Å². The SMILES string of the molecule is COc1cccc(OC)c1-n1c(-c2ccco2)nnc1N(CC[Si](C)(C)C)S(=O)(=O)[C@@H](C)Cc1ncc(F)c2c1ncn2C.COc1cccc(OC)c1-n1c(-c2ccco2)nnc1N(CC[Si](C)(C)C)S(=O)(=O)[C@H](C)Cc1ncc(F)c2c1ncn2C. The Labute approximate surface area is 511 Å². The van der Waals surface area contributed by atoms with E-state index in [4.69, 9.17) is 27.8 Å². The summed E-state index contributed by atoms with van der Waals surface area (Å²) in [5, 5.41) is 15.7. The lowest BCUT2D eigenvalue weighted by molar-refractivity contribution is 0.391. The standard InChI is InChI=1S/2C29H36FN7O5SSi/c2*1-19(16-21-25-26(20(30)17-31-21)35(2)18-32-25)43(38,39)36(13-15-44(5,6)7)29-34-33-28(24-12-9-14-42-24)37(29)27-22(40-3)10-8-11-23(27)41-4/h2*8-12,14,17-19H,13,15-16H2,1-7H3/t2*19-/m10/s1. The number of halogens is 2. The van der Waals surface area contributed by atoms with Crippen molar-refractivity contribution in [1.29, 1.82) is 0 Å². The van der Waals surface area contributed by atoms with Crippen LogP contribution in [0.1, 0.15) is 25.2 Å². The van der Waals surface area contributed by atoms with Crippen LogP contribution < -0.4 is 27.6 Å². The minimum absolute atomic E-state index is 0.00324. The number of ether oxygens (including phenoxy) is 4. The molecule has 24 nitrogen and oxygen atoms in total. The summed E-state index contributed by atoms with van der Waals surface area (Å²) in [6.45, 7) is 16.6. The fourth-order valence-corrected chi connectivity index (χ4v) is 15.0. The van der Waals surface area contributed by atoms with Gasteiger partial charge >= 0.3 is 0 Å². The maximum atomic E-state index is 14.6. The molecular formula is C58H72F2N14O10S2Si2.